The highest BCUT2D eigenvalue weighted by atomic mass is 32.2. The van der Waals surface area contributed by atoms with Crippen molar-refractivity contribution < 1.29 is 17.2 Å². The third kappa shape index (κ3) is 3.15. The molecule has 0 atom stereocenters. The van der Waals surface area contributed by atoms with E-state index in [0.717, 1.165) is 30.5 Å². The van der Waals surface area contributed by atoms with Crippen molar-refractivity contribution in [2.24, 2.45) is 0 Å². The van der Waals surface area contributed by atoms with Crippen molar-refractivity contribution in [2.45, 2.75) is 23.8 Å². The van der Waals surface area contributed by atoms with Gasteiger partial charge in [-0.25, -0.2) is 21.9 Å². The maximum atomic E-state index is 13.7. The normalized spacial score (nSPS) is 14.4. The first-order valence-corrected chi connectivity index (χ1v) is 9.28. The lowest BCUT2D eigenvalue weighted by atomic mass is 10.2. The average molecular weight is 377 g/mol. The predicted molar refractivity (Wildman–Crippen MR) is 88.7 cm³/mol. The highest BCUT2D eigenvalue weighted by Gasteiger charge is 2.28. The third-order valence-corrected chi connectivity index (χ3v) is 5.36. The maximum Gasteiger partial charge on any atom is 0.264 e. The van der Waals surface area contributed by atoms with Gasteiger partial charge in [0.2, 0.25) is 0 Å². The standard InChI is InChI=1S/C16H13F2N5O2S/c17-11-3-8-14(18)15(9-11)26(24,25)20-12-4-1-10(2-5-12)16-19-21-22-23(16)13-6-7-13/h1-5,8-9,13,20H,6-7H2. The van der Waals surface area contributed by atoms with Crippen LogP contribution in [0.1, 0.15) is 18.9 Å². The summed E-state index contributed by atoms with van der Waals surface area (Å²) >= 11 is 0. The molecule has 1 fully saturated rings. The number of hydrogen-bond donors (Lipinski definition) is 1. The van der Waals surface area contributed by atoms with Gasteiger partial charge in [0.15, 0.2) is 5.82 Å². The summed E-state index contributed by atoms with van der Waals surface area (Å²) in [6.45, 7) is 0. The summed E-state index contributed by atoms with van der Waals surface area (Å²) in [5, 5.41) is 11.6. The molecule has 0 saturated heterocycles. The monoisotopic (exact) mass is 377 g/mol. The van der Waals surface area contributed by atoms with Gasteiger partial charge < -0.3 is 0 Å². The summed E-state index contributed by atoms with van der Waals surface area (Å²) in [5.74, 6) is -1.27. The van der Waals surface area contributed by atoms with Crippen LogP contribution >= 0.6 is 0 Å². The Labute approximate surface area is 147 Å². The van der Waals surface area contributed by atoms with E-state index < -0.39 is 26.6 Å². The number of halogens is 2. The Kier molecular flexibility index (Phi) is 3.91. The van der Waals surface area contributed by atoms with Crippen molar-refractivity contribution in [1.82, 2.24) is 20.2 Å². The Bertz CT molecular complexity index is 1060. The largest absolute Gasteiger partial charge is 0.280 e. The van der Waals surface area contributed by atoms with Crippen molar-refractivity contribution in [3.05, 3.63) is 54.1 Å². The van der Waals surface area contributed by atoms with E-state index in [9.17, 15) is 17.2 Å². The molecule has 1 heterocycles. The van der Waals surface area contributed by atoms with Gasteiger partial charge in [-0.1, -0.05) is 0 Å². The van der Waals surface area contributed by atoms with Crippen LogP contribution in [-0.2, 0) is 10.0 Å². The summed E-state index contributed by atoms with van der Waals surface area (Å²) in [4.78, 5) is -0.751. The minimum absolute atomic E-state index is 0.211. The van der Waals surface area contributed by atoms with Crippen molar-refractivity contribution >= 4 is 15.7 Å². The molecule has 1 saturated carbocycles. The van der Waals surface area contributed by atoms with Gasteiger partial charge in [-0.15, -0.1) is 5.10 Å². The van der Waals surface area contributed by atoms with E-state index >= 15 is 0 Å². The Hall–Kier alpha value is -2.88. The second-order valence-corrected chi connectivity index (χ2v) is 7.59. The van der Waals surface area contributed by atoms with E-state index in [1.165, 1.54) is 12.1 Å². The fourth-order valence-corrected chi connectivity index (χ4v) is 3.68. The number of nitrogens with zero attached hydrogens (tertiary/aromatic N) is 4. The molecule has 4 rings (SSSR count). The van der Waals surface area contributed by atoms with Crippen molar-refractivity contribution in [1.29, 1.82) is 0 Å². The molecule has 1 aliphatic rings. The lowest BCUT2D eigenvalue weighted by molar-refractivity contribution is 0.555. The number of benzene rings is 2. The third-order valence-electron chi connectivity index (χ3n) is 3.96. The average Bonchev–Trinajstić information content (AvgIpc) is 3.34. The van der Waals surface area contributed by atoms with Crippen LogP contribution in [0.4, 0.5) is 14.5 Å². The number of rotatable bonds is 5. The van der Waals surface area contributed by atoms with Crippen LogP contribution in [0.3, 0.4) is 0 Å². The molecule has 7 nitrogen and oxygen atoms in total. The van der Waals surface area contributed by atoms with E-state index in [1.54, 1.807) is 16.8 Å². The summed E-state index contributed by atoms with van der Waals surface area (Å²) in [5.41, 5.74) is 0.935. The van der Waals surface area contributed by atoms with Crippen molar-refractivity contribution in [2.75, 3.05) is 4.72 Å². The first-order valence-electron chi connectivity index (χ1n) is 7.80. The van der Waals surface area contributed by atoms with Gasteiger partial charge in [0.1, 0.15) is 16.5 Å². The van der Waals surface area contributed by atoms with Gasteiger partial charge in [-0.3, -0.25) is 4.72 Å². The fourth-order valence-electron chi connectivity index (χ4n) is 2.53. The molecule has 2 aromatic carbocycles. The zero-order chi connectivity index (χ0) is 18.3. The van der Waals surface area contributed by atoms with Crippen LogP contribution in [0.15, 0.2) is 47.4 Å². The highest BCUT2D eigenvalue weighted by Crippen LogP contribution is 2.36. The van der Waals surface area contributed by atoms with Crippen LogP contribution in [0.2, 0.25) is 0 Å². The summed E-state index contributed by atoms with van der Waals surface area (Å²) < 4.78 is 55.5. The second-order valence-electron chi connectivity index (χ2n) is 5.94. The van der Waals surface area contributed by atoms with Crippen LogP contribution in [0.25, 0.3) is 11.4 Å². The van der Waals surface area contributed by atoms with Gasteiger partial charge in [-0.2, -0.15) is 0 Å². The number of aromatic nitrogens is 4. The molecule has 0 bridgehead atoms. The lowest BCUT2D eigenvalue weighted by Gasteiger charge is -2.10. The maximum absolute atomic E-state index is 13.7. The van der Waals surface area contributed by atoms with Gasteiger partial charge in [0.25, 0.3) is 10.0 Å². The Morgan fingerprint density at radius 3 is 2.50 bits per heavy atom. The minimum atomic E-state index is -4.26. The van der Waals surface area contributed by atoms with E-state index in [4.69, 9.17) is 0 Å². The van der Waals surface area contributed by atoms with E-state index in [0.29, 0.717) is 17.9 Å². The van der Waals surface area contributed by atoms with Gasteiger partial charge in [-0.05, 0) is 65.7 Å². The SMILES string of the molecule is O=S(=O)(Nc1ccc(-c2nnnn2C2CC2)cc1)c1cc(F)ccc1F. The molecule has 3 aromatic rings. The molecule has 1 N–H and O–H groups in total. The molecule has 0 amide bonds. The quantitative estimate of drug-likeness (QED) is 0.738. The van der Waals surface area contributed by atoms with E-state index in [-0.39, 0.29) is 5.69 Å². The van der Waals surface area contributed by atoms with Crippen LogP contribution in [0.5, 0.6) is 0 Å². The van der Waals surface area contributed by atoms with Crippen molar-refractivity contribution in [3.8, 4) is 11.4 Å². The molecule has 0 aliphatic heterocycles. The van der Waals surface area contributed by atoms with Gasteiger partial charge in [0.05, 0.1) is 6.04 Å². The first-order chi connectivity index (χ1) is 12.4. The lowest BCUT2D eigenvalue weighted by Crippen LogP contribution is -2.14. The summed E-state index contributed by atoms with van der Waals surface area (Å²) in [7, 11) is -4.26. The summed E-state index contributed by atoms with van der Waals surface area (Å²) in [6.07, 6.45) is 2.05. The smallest absolute Gasteiger partial charge is 0.264 e. The molecule has 1 aromatic heterocycles. The Balaban J connectivity index is 1.59. The molecular formula is C16H13F2N5O2S. The Morgan fingerprint density at radius 2 is 1.81 bits per heavy atom. The number of anilines is 1. The van der Waals surface area contributed by atoms with E-state index in [1.807, 2.05) is 0 Å². The Morgan fingerprint density at radius 1 is 1.08 bits per heavy atom. The number of nitrogens with one attached hydrogen (secondary N) is 1. The highest BCUT2D eigenvalue weighted by molar-refractivity contribution is 7.92. The fraction of sp³-hybridized carbons (Fsp3) is 0.188. The molecule has 0 radical (unpaired) electrons. The summed E-state index contributed by atoms with van der Waals surface area (Å²) in [6, 6.07) is 8.89. The molecule has 134 valence electrons. The zero-order valence-electron chi connectivity index (χ0n) is 13.3. The molecule has 0 unspecified atom stereocenters. The van der Waals surface area contributed by atoms with Crippen molar-refractivity contribution in [3.63, 3.8) is 0 Å². The van der Waals surface area contributed by atoms with Crippen LogP contribution in [0, 0.1) is 11.6 Å². The predicted octanol–water partition coefficient (Wildman–Crippen LogP) is 2.75. The second kappa shape index (κ2) is 6.13. The number of hydrogen-bond acceptors (Lipinski definition) is 5. The van der Waals surface area contributed by atoms with E-state index in [2.05, 4.69) is 20.2 Å². The molecular weight excluding hydrogens is 364 g/mol. The topological polar surface area (TPSA) is 89.8 Å². The van der Waals surface area contributed by atoms with Gasteiger partial charge in [0, 0.05) is 11.3 Å². The van der Waals surface area contributed by atoms with Crippen LogP contribution in [-0.4, -0.2) is 28.6 Å². The first kappa shape index (κ1) is 16.6. The molecule has 0 spiro atoms. The van der Waals surface area contributed by atoms with Gasteiger partial charge >= 0.3 is 0 Å². The number of tetrazole rings is 1. The molecule has 10 heteroatoms. The molecule has 26 heavy (non-hydrogen) atoms. The number of sulfonamides is 1. The zero-order valence-corrected chi connectivity index (χ0v) is 14.1. The minimum Gasteiger partial charge on any atom is -0.280 e. The molecule has 1 aliphatic carbocycles. The van der Waals surface area contributed by atoms with Crippen LogP contribution < -0.4 is 4.72 Å².